The molecule has 0 aliphatic rings. The monoisotopic (exact) mass is 933 g/mol. The summed E-state index contributed by atoms with van der Waals surface area (Å²) in [5, 5.41) is 16.6. The molecule has 0 heterocycles. The lowest BCUT2D eigenvalue weighted by Gasteiger charge is -2.28. The zero-order valence-electron chi connectivity index (χ0n) is 41.8. The van der Waals surface area contributed by atoms with E-state index < -0.39 is 71.8 Å². The number of methoxy groups -OCH3 is 2. The van der Waals surface area contributed by atoms with Crippen LogP contribution in [0.2, 0.25) is 0 Å². The fourth-order valence-corrected chi connectivity index (χ4v) is 6.75. The molecule has 6 amide bonds. The minimum absolute atomic E-state index is 0.0422. The van der Waals surface area contributed by atoms with Crippen LogP contribution in [0.25, 0.3) is 0 Å². The van der Waals surface area contributed by atoms with Crippen LogP contribution in [0.5, 0.6) is 11.5 Å². The van der Waals surface area contributed by atoms with Crippen LogP contribution >= 0.6 is 0 Å². The van der Waals surface area contributed by atoms with Gasteiger partial charge in [-0.3, -0.25) is 28.8 Å². The van der Waals surface area contributed by atoms with Gasteiger partial charge in [0.25, 0.3) is 0 Å². The van der Waals surface area contributed by atoms with Gasteiger partial charge in [0.15, 0.2) is 0 Å². The molecular weight excluding hydrogens is 853 g/mol. The average molecular weight is 933 g/mol. The Morgan fingerprint density at radius 2 is 0.788 bits per heavy atom. The van der Waals surface area contributed by atoms with E-state index in [9.17, 15) is 38.4 Å². The number of carbonyl (C=O) groups is 8. The third-order valence-electron chi connectivity index (χ3n) is 10.5. The minimum Gasteiger partial charge on any atom is -0.493 e. The molecule has 0 aromatic heterocycles. The van der Waals surface area contributed by atoms with Crippen molar-refractivity contribution >= 4 is 47.4 Å². The van der Waals surface area contributed by atoms with E-state index in [1.54, 1.807) is 79.7 Å². The summed E-state index contributed by atoms with van der Waals surface area (Å²) in [6.45, 7) is 22.3. The Bertz CT molecular complexity index is 1610. The molecule has 0 radical (unpaired) electrons. The van der Waals surface area contributed by atoms with Crippen molar-refractivity contribution in [2.45, 2.75) is 158 Å². The van der Waals surface area contributed by atoms with Gasteiger partial charge in [-0.1, -0.05) is 89.2 Å². The van der Waals surface area contributed by atoms with Crippen LogP contribution in [0.4, 0.5) is 0 Å². The summed E-state index contributed by atoms with van der Waals surface area (Å²) in [7, 11) is 2.49. The predicted octanol–water partition coefficient (Wildman–Crippen LogP) is 3.98. The zero-order chi connectivity index (χ0) is 50.3. The van der Waals surface area contributed by atoms with Gasteiger partial charge >= 0.3 is 11.9 Å². The number of ether oxygens (including phenoxy) is 4. The van der Waals surface area contributed by atoms with E-state index in [1.165, 1.54) is 14.2 Å². The largest absolute Gasteiger partial charge is 0.493 e. The Morgan fingerprint density at radius 3 is 1.08 bits per heavy atom. The lowest BCUT2D eigenvalue weighted by atomic mass is 9.98. The number of benzene rings is 1. The molecule has 1 aromatic carbocycles. The Morgan fingerprint density at radius 1 is 0.455 bits per heavy atom. The highest BCUT2D eigenvalue weighted by Crippen LogP contribution is 2.20. The highest BCUT2D eigenvalue weighted by Gasteiger charge is 2.34. The third-order valence-corrected chi connectivity index (χ3v) is 10.5. The number of nitrogens with one attached hydrogen (secondary N) is 6. The van der Waals surface area contributed by atoms with E-state index in [-0.39, 0.29) is 73.4 Å². The van der Waals surface area contributed by atoms with E-state index in [1.807, 2.05) is 27.7 Å². The van der Waals surface area contributed by atoms with Crippen LogP contribution in [-0.4, -0.2) is 111 Å². The molecule has 0 bridgehead atoms. The summed E-state index contributed by atoms with van der Waals surface area (Å²) >= 11 is 0. The van der Waals surface area contributed by atoms with Crippen LogP contribution in [0.3, 0.4) is 0 Å². The Labute approximate surface area is 392 Å². The van der Waals surface area contributed by atoms with Crippen LogP contribution in [0.15, 0.2) is 24.3 Å². The van der Waals surface area contributed by atoms with Crippen LogP contribution in [0.1, 0.15) is 122 Å². The topological polar surface area (TPSA) is 246 Å². The lowest BCUT2D eigenvalue weighted by molar-refractivity contribution is -0.147. The molecular formula is C48H80N6O12. The van der Waals surface area contributed by atoms with Crippen molar-refractivity contribution in [1.82, 2.24) is 31.9 Å². The van der Waals surface area contributed by atoms with Crippen molar-refractivity contribution in [3.05, 3.63) is 24.3 Å². The minimum atomic E-state index is -0.936. The van der Waals surface area contributed by atoms with Crippen molar-refractivity contribution in [2.75, 3.05) is 27.4 Å². The molecule has 1 rings (SSSR count). The first-order valence-corrected chi connectivity index (χ1v) is 23.2. The second-order valence-corrected chi connectivity index (χ2v) is 18.8. The summed E-state index contributed by atoms with van der Waals surface area (Å²) in [6, 6.07) is 1.46. The molecule has 66 heavy (non-hydrogen) atoms. The van der Waals surface area contributed by atoms with Crippen molar-refractivity contribution in [3.63, 3.8) is 0 Å². The van der Waals surface area contributed by atoms with E-state index in [2.05, 4.69) is 31.9 Å². The highest BCUT2D eigenvalue weighted by molar-refractivity contribution is 5.95. The molecule has 0 fully saturated rings. The summed E-state index contributed by atoms with van der Waals surface area (Å²) in [6.07, 6.45) is 1.46. The Hall–Kier alpha value is -5.42. The summed E-state index contributed by atoms with van der Waals surface area (Å²) < 4.78 is 21.4. The van der Waals surface area contributed by atoms with Gasteiger partial charge in [0.2, 0.25) is 35.4 Å². The fraction of sp³-hybridized carbons (Fsp3) is 0.708. The zero-order valence-corrected chi connectivity index (χ0v) is 41.8. The Kier molecular flexibility index (Phi) is 26.6. The SMILES string of the molecule is COC(=O)[C@@H](NC(=O)[C@H](CC(C)C)NC(=O)[C@@H](NC(=O)CCCOc1cccc(OCCCC(=O)N[C@H](C(=O)N[C@@H](CC(C)C)C(=O)N[C@H](C(=O)OC)C(C)C)C(C)C)c1)C(C)C)C(C)C. The predicted molar refractivity (Wildman–Crippen MR) is 250 cm³/mol. The molecule has 0 unspecified atom stereocenters. The molecule has 0 aliphatic heterocycles. The van der Waals surface area contributed by atoms with Crippen LogP contribution < -0.4 is 41.4 Å². The van der Waals surface area contributed by atoms with Gasteiger partial charge in [0, 0.05) is 18.9 Å². The lowest BCUT2D eigenvalue weighted by Crippen LogP contribution is -2.57. The van der Waals surface area contributed by atoms with Gasteiger partial charge in [-0.05, 0) is 73.3 Å². The highest BCUT2D eigenvalue weighted by atomic mass is 16.5. The maximum absolute atomic E-state index is 13.4. The first kappa shape index (κ1) is 58.6. The molecule has 0 saturated heterocycles. The summed E-state index contributed by atoms with van der Waals surface area (Å²) in [4.78, 5) is 104. The van der Waals surface area contributed by atoms with E-state index in [0.717, 1.165) is 0 Å². The number of rotatable bonds is 30. The summed E-state index contributed by atoms with van der Waals surface area (Å²) in [5.41, 5.74) is 0. The van der Waals surface area contributed by atoms with Gasteiger partial charge in [-0.15, -0.1) is 0 Å². The molecule has 0 saturated carbocycles. The van der Waals surface area contributed by atoms with Gasteiger partial charge in [0.05, 0.1) is 27.4 Å². The second-order valence-electron chi connectivity index (χ2n) is 18.8. The van der Waals surface area contributed by atoms with Crippen LogP contribution in [-0.2, 0) is 47.8 Å². The molecule has 1 aromatic rings. The Balaban J connectivity index is 2.71. The first-order valence-electron chi connectivity index (χ1n) is 23.2. The molecule has 374 valence electrons. The quantitative estimate of drug-likeness (QED) is 0.0474. The molecule has 6 atom stereocenters. The second kappa shape index (κ2) is 30.0. The fourth-order valence-electron chi connectivity index (χ4n) is 6.75. The molecule has 0 aliphatic carbocycles. The summed E-state index contributed by atoms with van der Waals surface area (Å²) in [5.74, 6) is -3.91. The van der Waals surface area contributed by atoms with Gasteiger partial charge < -0.3 is 50.8 Å². The number of esters is 2. The first-order chi connectivity index (χ1) is 30.9. The van der Waals surface area contributed by atoms with Gasteiger partial charge in [-0.2, -0.15) is 0 Å². The normalized spacial score (nSPS) is 14.1. The molecule has 18 nitrogen and oxygen atoms in total. The molecule has 6 N–H and O–H groups in total. The van der Waals surface area contributed by atoms with Gasteiger partial charge in [0.1, 0.15) is 47.8 Å². The number of hydrogen-bond acceptors (Lipinski definition) is 12. The number of carbonyl (C=O) groups excluding carboxylic acids is 8. The maximum Gasteiger partial charge on any atom is 0.328 e. The van der Waals surface area contributed by atoms with Crippen molar-refractivity contribution in [1.29, 1.82) is 0 Å². The number of hydrogen-bond donors (Lipinski definition) is 6. The van der Waals surface area contributed by atoms with Gasteiger partial charge in [-0.25, -0.2) is 9.59 Å². The third kappa shape index (κ3) is 21.7. The van der Waals surface area contributed by atoms with E-state index in [0.29, 0.717) is 37.2 Å². The number of amides is 6. The van der Waals surface area contributed by atoms with Crippen molar-refractivity contribution in [2.24, 2.45) is 35.5 Å². The van der Waals surface area contributed by atoms with Crippen molar-refractivity contribution in [3.8, 4) is 11.5 Å². The van der Waals surface area contributed by atoms with Crippen LogP contribution in [0, 0.1) is 35.5 Å². The average Bonchev–Trinajstić information content (AvgIpc) is 3.23. The standard InChI is InChI=1S/C48H80N6O12/c1-27(2)24-35(43(57)53-41(31(9)10)47(61)63-13)49-45(59)39(29(5)6)51-37(55)20-16-22-65-33-18-15-19-34(26-33)66-23-17-21-38(56)52-40(30(7)8)46(60)50-36(25-28(3)4)44(58)54-42(32(11)12)48(62)64-14/h15,18-19,26-32,35-36,39-42H,16-17,20-25H2,1-14H3,(H,49,59)(H,50,60)(H,51,55)(H,52,56)(H,53,57)(H,54,58)/t35-,36-,39-,40-,41-,42-/m0/s1. The molecule has 0 spiro atoms. The smallest absolute Gasteiger partial charge is 0.328 e. The van der Waals surface area contributed by atoms with E-state index >= 15 is 0 Å². The van der Waals surface area contributed by atoms with E-state index in [4.69, 9.17) is 18.9 Å². The van der Waals surface area contributed by atoms with Crippen molar-refractivity contribution < 1.29 is 57.3 Å². The molecule has 18 heteroatoms. The maximum atomic E-state index is 13.4.